The maximum absolute atomic E-state index is 12.2. The predicted octanol–water partition coefficient (Wildman–Crippen LogP) is 3.08. The van der Waals surface area contributed by atoms with Crippen LogP contribution in [0.3, 0.4) is 0 Å². The summed E-state index contributed by atoms with van der Waals surface area (Å²) in [6.07, 6.45) is 0. The molecule has 0 fully saturated rings. The van der Waals surface area contributed by atoms with Gasteiger partial charge in [-0.25, -0.2) is 0 Å². The summed E-state index contributed by atoms with van der Waals surface area (Å²) in [6, 6.07) is 14.9. The molecule has 23 heavy (non-hydrogen) atoms. The Morgan fingerprint density at radius 2 is 1.87 bits per heavy atom. The van der Waals surface area contributed by atoms with Crippen LogP contribution < -0.4 is 10.6 Å². The average Bonchev–Trinajstić information content (AvgIpc) is 2.57. The summed E-state index contributed by atoms with van der Waals surface area (Å²) in [5, 5.41) is 16.3. The van der Waals surface area contributed by atoms with Crippen molar-refractivity contribution in [1.29, 1.82) is 0 Å². The lowest BCUT2D eigenvalue weighted by molar-refractivity contribution is -0.115. The molecule has 5 heteroatoms. The average molecular weight is 333 g/mol. The molecule has 2 aromatic rings. The van der Waals surface area contributed by atoms with Crippen LogP contribution in [0.4, 0.5) is 5.69 Å². The number of aliphatic hydroxyl groups is 1. The van der Waals surface area contributed by atoms with Gasteiger partial charge in [-0.2, -0.15) is 0 Å². The molecule has 2 rings (SSSR count). The molecular weight excluding hydrogens is 312 g/mol. The lowest BCUT2D eigenvalue weighted by Crippen LogP contribution is -2.46. The minimum absolute atomic E-state index is 0.0813. The fraction of sp³-hybridized carbons (Fsp3) is 0.278. The van der Waals surface area contributed by atoms with E-state index in [1.807, 2.05) is 50.2 Å². The van der Waals surface area contributed by atoms with E-state index in [-0.39, 0.29) is 19.1 Å². The SMILES string of the molecule is Cc1c(Cl)cccc1NC(=O)CN[C@](C)(CO)c1ccccc1. The zero-order valence-corrected chi connectivity index (χ0v) is 14.0. The topological polar surface area (TPSA) is 61.4 Å². The van der Waals surface area contributed by atoms with E-state index in [0.717, 1.165) is 11.1 Å². The highest BCUT2D eigenvalue weighted by atomic mass is 35.5. The van der Waals surface area contributed by atoms with Crippen LogP contribution in [-0.2, 0) is 10.3 Å². The molecule has 0 bridgehead atoms. The quantitative estimate of drug-likeness (QED) is 0.761. The van der Waals surface area contributed by atoms with E-state index in [1.165, 1.54) is 0 Å². The number of anilines is 1. The number of hydrogen-bond acceptors (Lipinski definition) is 3. The second kappa shape index (κ2) is 7.59. The lowest BCUT2D eigenvalue weighted by atomic mass is 9.93. The number of aliphatic hydroxyl groups excluding tert-OH is 1. The first-order chi connectivity index (χ1) is 11.0. The van der Waals surface area contributed by atoms with Gasteiger partial charge in [-0.05, 0) is 37.1 Å². The van der Waals surface area contributed by atoms with Crippen LogP contribution >= 0.6 is 11.6 Å². The number of hydrogen-bond donors (Lipinski definition) is 3. The van der Waals surface area contributed by atoms with Crippen LogP contribution in [0, 0.1) is 6.92 Å². The minimum Gasteiger partial charge on any atom is -0.394 e. The van der Waals surface area contributed by atoms with Crippen molar-refractivity contribution in [2.75, 3.05) is 18.5 Å². The normalized spacial score (nSPS) is 13.4. The highest BCUT2D eigenvalue weighted by molar-refractivity contribution is 6.31. The molecule has 0 aliphatic carbocycles. The van der Waals surface area contributed by atoms with E-state index >= 15 is 0 Å². The maximum Gasteiger partial charge on any atom is 0.238 e. The summed E-state index contributed by atoms with van der Waals surface area (Å²) < 4.78 is 0. The number of halogens is 1. The summed E-state index contributed by atoms with van der Waals surface area (Å²) in [4.78, 5) is 12.2. The van der Waals surface area contributed by atoms with Crippen LogP contribution in [0.25, 0.3) is 0 Å². The van der Waals surface area contributed by atoms with Crippen molar-refractivity contribution >= 4 is 23.2 Å². The number of benzene rings is 2. The summed E-state index contributed by atoms with van der Waals surface area (Å²) in [7, 11) is 0. The van der Waals surface area contributed by atoms with Gasteiger partial charge in [0.15, 0.2) is 0 Å². The third-order valence-electron chi connectivity index (χ3n) is 3.91. The summed E-state index contributed by atoms with van der Waals surface area (Å²) in [6.45, 7) is 3.69. The summed E-state index contributed by atoms with van der Waals surface area (Å²) in [5.41, 5.74) is 1.77. The van der Waals surface area contributed by atoms with Crippen molar-refractivity contribution in [2.24, 2.45) is 0 Å². The van der Waals surface area contributed by atoms with E-state index in [0.29, 0.717) is 10.7 Å². The van der Waals surface area contributed by atoms with Crippen molar-refractivity contribution < 1.29 is 9.90 Å². The van der Waals surface area contributed by atoms with Gasteiger partial charge in [-0.3, -0.25) is 10.1 Å². The third kappa shape index (κ3) is 4.32. The number of rotatable bonds is 6. The molecular formula is C18H21ClN2O2. The molecule has 3 N–H and O–H groups in total. The van der Waals surface area contributed by atoms with Gasteiger partial charge in [-0.15, -0.1) is 0 Å². The van der Waals surface area contributed by atoms with E-state index in [1.54, 1.807) is 12.1 Å². The third-order valence-corrected chi connectivity index (χ3v) is 4.32. The molecule has 0 spiro atoms. The first-order valence-electron chi connectivity index (χ1n) is 7.42. The molecule has 4 nitrogen and oxygen atoms in total. The molecule has 122 valence electrons. The maximum atomic E-state index is 12.2. The second-order valence-electron chi connectivity index (χ2n) is 5.67. The Balaban J connectivity index is 2.02. The smallest absolute Gasteiger partial charge is 0.238 e. The van der Waals surface area contributed by atoms with E-state index in [9.17, 15) is 9.90 Å². The predicted molar refractivity (Wildman–Crippen MR) is 93.7 cm³/mol. The molecule has 0 radical (unpaired) electrons. The van der Waals surface area contributed by atoms with Gasteiger partial charge in [0.25, 0.3) is 0 Å². The lowest BCUT2D eigenvalue weighted by Gasteiger charge is -2.29. The highest BCUT2D eigenvalue weighted by Crippen LogP contribution is 2.23. The van der Waals surface area contributed by atoms with Crippen LogP contribution in [0.5, 0.6) is 0 Å². The van der Waals surface area contributed by atoms with E-state index in [4.69, 9.17) is 11.6 Å². The Morgan fingerprint density at radius 3 is 2.52 bits per heavy atom. The van der Waals surface area contributed by atoms with Crippen molar-refractivity contribution in [2.45, 2.75) is 19.4 Å². The zero-order chi connectivity index (χ0) is 16.9. The monoisotopic (exact) mass is 332 g/mol. The highest BCUT2D eigenvalue weighted by Gasteiger charge is 2.25. The largest absolute Gasteiger partial charge is 0.394 e. The van der Waals surface area contributed by atoms with E-state index in [2.05, 4.69) is 10.6 Å². The standard InChI is InChI=1S/C18H21ClN2O2/c1-13-15(19)9-6-10-16(13)21-17(23)11-20-18(2,12-22)14-7-4-3-5-8-14/h3-10,20,22H,11-12H2,1-2H3,(H,21,23)/t18-/m1/s1. The van der Waals surface area contributed by atoms with Gasteiger partial charge >= 0.3 is 0 Å². The van der Waals surface area contributed by atoms with E-state index < -0.39 is 5.54 Å². The number of carbonyl (C=O) groups excluding carboxylic acids is 1. The number of nitrogens with one attached hydrogen (secondary N) is 2. The minimum atomic E-state index is -0.679. The van der Waals surface area contributed by atoms with Gasteiger partial charge in [0.05, 0.1) is 18.7 Å². The van der Waals surface area contributed by atoms with Crippen LogP contribution in [0.15, 0.2) is 48.5 Å². The van der Waals surface area contributed by atoms with Gasteiger partial charge in [0, 0.05) is 10.7 Å². The van der Waals surface area contributed by atoms with Gasteiger partial charge in [0.2, 0.25) is 5.91 Å². The van der Waals surface area contributed by atoms with Crippen LogP contribution in [-0.4, -0.2) is 24.2 Å². The molecule has 0 saturated heterocycles. The number of carbonyl (C=O) groups is 1. The molecule has 0 aromatic heterocycles. The second-order valence-corrected chi connectivity index (χ2v) is 6.08. The Hall–Kier alpha value is -1.88. The molecule has 2 aromatic carbocycles. The summed E-state index contributed by atoms with van der Waals surface area (Å²) in [5.74, 6) is -0.189. The first kappa shape index (κ1) is 17.5. The van der Waals surface area contributed by atoms with Crippen molar-refractivity contribution in [3.63, 3.8) is 0 Å². The van der Waals surface area contributed by atoms with Crippen molar-refractivity contribution in [1.82, 2.24) is 5.32 Å². The molecule has 0 heterocycles. The van der Waals surface area contributed by atoms with Gasteiger partial charge in [-0.1, -0.05) is 48.0 Å². The van der Waals surface area contributed by atoms with Crippen molar-refractivity contribution in [3.05, 3.63) is 64.7 Å². The fourth-order valence-electron chi connectivity index (χ4n) is 2.27. The molecule has 1 amide bonds. The van der Waals surface area contributed by atoms with Crippen LogP contribution in [0.1, 0.15) is 18.1 Å². The van der Waals surface area contributed by atoms with Crippen LogP contribution in [0.2, 0.25) is 5.02 Å². The molecule has 0 aliphatic heterocycles. The Kier molecular flexibility index (Phi) is 5.77. The molecule has 0 saturated carbocycles. The summed E-state index contributed by atoms with van der Waals surface area (Å²) >= 11 is 6.05. The zero-order valence-electron chi connectivity index (χ0n) is 13.3. The molecule has 0 unspecified atom stereocenters. The number of amides is 1. The van der Waals surface area contributed by atoms with Crippen molar-refractivity contribution in [3.8, 4) is 0 Å². The molecule has 1 atom stereocenters. The van der Waals surface area contributed by atoms with Gasteiger partial charge < -0.3 is 10.4 Å². The first-order valence-corrected chi connectivity index (χ1v) is 7.80. The Labute approximate surface area is 141 Å². The Bertz CT molecular complexity index is 676. The molecule has 0 aliphatic rings. The van der Waals surface area contributed by atoms with Gasteiger partial charge in [0.1, 0.15) is 0 Å². The fourth-order valence-corrected chi connectivity index (χ4v) is 2.44. The Morgan fingerprint density at radius 1 is 1.17 bits per heavy atom.